The SMILES string of the molecule is Cc1ccc(-c2ccc3c(c2)c2cc(-c4ccc(C)cc4)ccc2n3-c2cc(C#N)cc(-n3c4ccc(-c5ccc(C)cc5)cc4c4cc(-c5ccc(C)cc5)ccc43)c2-c2ccc(C(F)(F)F)cc2C(F)(F)F)cc1. The van der Waals surface area contributed by atoms with Crippen molar-refractivity contribution in [1.82, 2.24) is 9.13 Å². The average molecular weight is 1010 g/mol. The molecule has 0 atom stereocenters. The van der Waals surface area contributed by atoms with Gasteiger partial charge in [0, 0.05) is 27.1 Å². The van der Waals surface area contributed by atoms with E-state index in [1.54, 1.807) is 12.1 Å². The quantitative estimate of drug-likeness (QED) is 0.147. The molecule has 370 valence electrons. The van der Waals surface area contributed by atoms with E-state index in [0.29, 0.717) is 28.1 Å². The fraction of sp³-hybridized carbons (Fsp3) is 0.0896. The smallest absolute Gasteiger partial charge is 0.308 e. The van der Waals surface area contributed by atoms with Gasteiger partial charge < -0.3 is 9.13 Å². The summed E-state index contributed by atoms with van der Waals surface area (Å²) in [5, 5.41) is 14.2. The molecule has 0 saturated heterocycles. The third-order valence-electron chi connectivity index (χ3n) is 14.7. The van der Waals surface area contributed by atoms with Crippen LogP contribution in [0, 0.1) is 39.0 Å². The highest BCUT2D eigenvalue weighted by Gasteiger charge is 2.40. The molecule has 10 aromatic carbocycles. The van der Waals surface area contributed by atoms with Crippen LogP contribution >= 0.6 is 0 Å². The highest BCUT2D eigenvalue weighted by atomic mass is 19.4. The summed E-state index contributed by atoms with van der Waals surface area (Å²) in [6, 6.07) is 63.6. The number of hydrogen-bond donors (Lipinski definition) is 0. The van der Waals surface area contributed by atoms with E-state index in [4.69, 9.17) is 0 Å². The number of hydrogen-bond acceptors (Lipinski definition) is 1. The molecule has 12 rings (SSSR count). The largest absolute Gasteiger partial charge is 0.417 e. The first-order valence-corrected chi connectivity index (χ1v) is 24.8. The summed E-state index contributed by atoms with van der Waals surface area (Å²) >= 11 is 0. The number of aryl methyl sites for hydroxylation is 4. The van der Waals surface area contributed by atoms with E-state index in [0.717, 1.165) is 94.4 Å². The number of benzene rings is 10. The molecule has 12 aromatic rings. The summed E-state index contributed by atoms with van der Waals surface area (Å²) in [6.45, 7) is 8.06. The fourth-order valence-corrected chi connectivity index (χ4v) is 10.7. The lowest BCUT2D eigenvalue weighted by atomic mass is 9.92. The van der Waals surface area contributed by atoms with Crippen molar-refractivity contribution in [2.24, 2.45) is 0 Å². The summed E-state index contributed by atoms with van der Waals surface area (Å²) in [6.07, 6.45) is -10.3. The van der Waals surface area contributed by atoms with Crippen LogP contribution in [0.2, 0.25) is 0 Å². The molecular weight excluding hydrogens is 961 g/mol. The molecule has 76 heavy (non-hydrogen) atoms. The maximum absolute atomic E-state index is 15.9. The van der Waals surface area contributed by atoms with Crippen molar-refractivity contribution in [3.63, 3.8) is 0 Å². The first-order chi connectivity index (χ1) is 36.5. The maximum atomic E-state index is 15.9. The molecule has 0 radical (unpaired) electrons. The van der Waals surface area contributed by atoms with E-state index in [2.05, 4.69) is 30.3 Å². The molecule has 9 heteroatoms. The van der Waals surface area contributed by atoms with Crippen molar-refractivity contribution in [2.45, 2.75) is 40.0 Å². The van der Waals surface area contributed by atoms with Crippen LogP contribution in [0.15, 0.2) is 200 Å². The molecule has 0 spiro atoms. The van der Waals surface area contributed by atoms with Gasteiger partial charge in [-0.05, 0) is 151 Å². The van der Waals surface area contributed by atoms with Crippen molar-refractivity contribution >= 4 is 43.6 Å². The van der Waals surface area contributed by atoms with Gasteiger partial charge in [-0.15, -0.1) is 0 Å². The van der Waals surface area contributed by atoms with Crippen LogP contribution < -0.4 is 0 Å². The van der Waals surface area contributed by atoms with E-state index in [-0.39, 0.29) is 28.6 Å². The van der Waals surface area contributed by atoms with Gasteiger partial charge in [0.05, 0.1) is 56.2 Å². The standard InChI is InChI=1S/C67H45F6N3/c1-39-5-13-44(14-6-39)48-21-27-59-54(33-48)55-34-49(45-15-7-40(2)8-16-45)22-28-60(55)75(59)63-31-43(38-74)32-64(65(63)53-26-25-52(66(68,69)70)37-58(53)67(71,72)73)76-61-29-23-50(46-17-9-41(3)10-18-46)35-56(61)57-36-51(24-30-62(57)76)47-19-11-42(4)12-20-47/h5-37H,1-4H3. The number of halogens is 6. The van der Waals surface area contributed by atoms with Gasteiger partial charge >= 0.3 is 12.4 Å². The number of aromatic nitrogens is 2. The first kappa shape index (κ1) is 47.8. The molecule has 0 amide bonds. The zero-order valence-corrected chi connectivity index (χ0v) is 41.7. The maximum Gasteiger partial charge on any atom is 0.417 e. The van der Waals surface area contributed by atoms with Gasteiger partial charge in [0.1, 0.15) is 0 Å². The molecule has 0 aliphatic rings. The van der Waals surface area contributed by atoms with Gasteiger partial charge in [0.25, 0.3) is 0 Å². The number of rotatable bonds is 7. The van der Waals surface area contributed by atoms with Crippen LogP contribution in [0.4, 0.5) is 26.3 Å². The Morgan fingerprint density at radius 1 is 0.342 bits per heavy atom. The van der Waals surface area contributed by atoms with Crippen LogP contribution in [0.1, 0.15) is 38.9 Å². The van der Waals surface area contributed by atoms with Crippen LogP contribution in [-0.2, 0) is 12.4 Å². The Morgan fingerprint density at radius 3 is 0.921 bits per heavy atom. The van der Waals surface area contributed by atoms with Crippen molar-refractivity contribution in [2.75, 3.05) is 0 Å². The predicted octanol–water partition coefficient (Wildman–Crippen LogP) is 19.4. The molecule has 2 aromatic heterocycles. The Bertz CT molecular complexity index is 3880. The molecule has 3 nitrogen and oxygen atoms in total. The number of alkyl halides is 6. The fourth-order valence-electron chi connectivity index (χ4n) is 10.7. The molecule has 2 heterocycles. The van der Waals surface area contributed by atoms with Gasteiger partial charge in [-0.2, -0.15) is 31.6 Å². The van der Waals surface area contributed by atoms with Gasteiger partial charge in [-0.1, -0.05) is 150 Å². The predicted molar refractivity (Wildman–Crippen MR) is 296 cm³/mol. The van der Waals surface area contributed by atoms with Crippen molar-refractivity contribution in [3.8, 4) is 73.1 Å². The summed E-state index contributed by atoms with van der Waals surface area (Å²) in [7, 11) is 0. The minimum atomic E-state index is -5.25. The molecular formula is C67H45F6N3. The van der Waals surface area contributed by atoms with E-state index in [9.17, 15) is 18.4 Å². The van der Waals surface area contributed by atoms with E-state index >= 15 is 13.2 Å². The average Bonchev–Trinajstić information content (AvgIpc) is 4.04. The normalized spacial score (nSPS) is 12.1. The van der Waals surface area contributed by atoms with Crippen molar-refractivity contribution in [3.05, 3.63) is 239 Å². The lowest BCUT2D eigenvalue weighted by Crippen LogP contribution is -2.14. The van der Waals surface area contributed by atoms with Crippen LogP contribution in [0.25, 0.3) is 111 Å². The molecule has 0 bridgehead atoms. The zero-order chi connectivity index (χ0) is 52.8. The minimum absolute atomic E-state index is 0.0203. The third-order valence-corrected chi connectivity index (χ3v) is 14.7. The highest BCUT2D eigenvalue weighted by molar-refractivity contribution is 6.14. The van der Waals surface area contributed by atoms with Gasteiger partial charge in [0.15, 0.2) is 0 Å². The summed E-state index contributed by atoms with van der Waals surface area (Å²) in [5.41, 5.74) is 11.3. The number of fused-ring (bicyclic) bond motifs is 6. The van der Waals surface area contributed by atoms with E-state index in [1.165, 1.54) is 0 Å². The van der Waals surface area contributed by atoms with Gasteiger partial charge in [0.2, 0.25) is 0 Å². The molecule has 0 aliphatic heterocycles. The van der Waals surface area contributed by atoms with Crippen molar-refractivity contribution < 1.29 is 26.3 Å². The second-order valence-corrected chi connectivity index (χ2v) is 19.8. The van der Waals surface area contributed by atoms with Crippen molar-refractivity contribution in [1.29, 1.82) is 5.26 Å². The van der Waals surface area contributed by atoms with E-state index in [1.807, 2.05) is 182 Å². The number of nitrogens with zero attached hydrogens (tertiary/aromatic N) is 3. The summed E-state index contributed by atoms with van der Waals surface area (Å²) < 4.78 is 95.2. The topological polar surface area (TPSA) is 33.6 Å². The Labute approximate surface area is 434 Å². The highest BCUT2D eigenvalue weighted by Crippen LogP contribution is 2.49. The Morgan fingerprint density at radius 2 is 0.645 bits per heavy atom. The van der Waals surface area contributed by atoms with Crippen LogP contribution in [0.3, 0.4) is 0 Å². The third kappa shape index (κ3) is 8.36. The first-order valence-electron chi connectivity index (χ1n) is 24.8. The Balaban J connectivity index is 1.23. The van der Waals surface area contributed by atoms with Gasteiger partial charge in [-0.3, -0.25) is 0 Å². The zero-order valence-electron chi connectivity index (χ0n) is 41.7. The summed E-state index contributed by atoms with van der Waals surface area (Å²) in [5.74, 6) is 0. The molecule has 0 N–H and O–H groups in total. The van der Waals surface area contributed by atoms with Gasteiger partial charge in [-0.25, -0.2) is 0 Å². The van der Waals surface area contributed by atoms with Crippen LogP contribution in [0.5, 0.6) is 0 Å². The Kier molecular flexibility index (Phi) is 11.4. The molecule has 0 saturated carbocycles. The molecule has 0 unspecified atom stereocenters. The minimum Gasteiger partial charge on any atom is -0.308 e. The van der Waals surface area contributed by atoms with E-state index < -0.39 is 29.0 Å². The van der Waals surface area contributed by atoms with Crippen LogP contribution in [-0.4, -0.2) is 9.13 Å². The summed E-state index contributed by atoms with van der Waals surface area (Å²) in [4.78, 5) is 0. The lowest BCUT2D eigenvalue weighted by molar-refractivity contribution is -0.142. The Hall–Kier alpha value is -9.13. The second-order valence-electron chi connectivity index (χ2n) is 19.8. The molecule has 0 fully saturated rings. The lowest BCUT2D eigenvalue weighted by Gasteiger charge is -2.24. The second kappa shape index (κ2) is 18.1. The molecule has 0 aliphatic carbocycles. The number of nitriles is 1. The monoisotopic (exact) mass is 1010 g/mol.